The molecule has 0 spiro atoms. The number of aromatic nitrogens is 1. The quantitative estimate of drug-likeness (QED) is 0.644. The second kappa shape index (κ2) is 7.20. The number of likely N-dealkylation sites (tertiary alicyclic amines) is 1. The predicted octanol–water partition coefficient (Wildman–Crippen LogP) is 2.25. The molecule has 1 aromatic heterocycles. The van der Waals surface area contributed by atoms with Gasteiger partial charge in [0.1, 0.15) is 5.75 Å². The highest BCUT2D eigenvalue weighted by atomic mass is 16.5. The van der Waals surface area contributed by atoms with Gasteiger partial charge in [0.05, 0.1) is 19.3 Å². The molecule has 0 amide bonds. The van der Waals surface area contributed by atoms with Crippen molar-refractivity contribution in [3.05, 3.63) is 24.0 Å². The summed E-state index contributed by atoms with van der Waals surface area (Å²) in [4.78, 5) is 6.81. The molecule has 2 heterocycles. The van der Waals surface area contributed by atoms with E-state index in [4.69, 9.17) is 10.6 Å². The number of pyridine rings is 1. The molecule has 1 aromatic rings. The number of nitrogens with two attached hydrogens (primary N) is 1. The fourth-order valence-electron chi connectivity index (χ4n) is 3.24. The maximum atomic E-state index is 5.88. The number of ether oxygens (including phenoxy) is 1. The zero-order chi connectivity index (χ0) is 15.3. The van der Waals surface area contributed by atoms with Crippen molar-refractivity contribution in [2.24, 2.45) is 5.84 Å². The van der Waals surface area contributed by atoms with Crippen LogP contribution >= 0.6 is 0 Å². The van der Waals surface area contributed by atoms with Crippen LogP contribution in [0.15, 0.2) is 18.5 Å². The van der Waals surface area contributed by atoms with Gasteiger partial charge in [-0.15, -0.1) is 0 Å². The Kier molecular flexibility index (Phi) is 5.56. The van der Waals surface area contributed by atoms with E-state index in [1.54, 1.807) is 13.3 Å². The number of nitrogens with one attached hydrogen (secondary N) is 1. The number of hydrogen-bond donors (Lipinski definition) is 2. The van der Waals surface area contributed by atoms with Crippen LogP contribution in [0.2, 0.25) is 0 Å². The van der Waals surface area contributed by atoms with Gasteiger partial charge in [0.2, 0.25) is 0 Å². The first-order valence-corrected chi connectivity index (χ1v) is 7.79. The van der Waals surface area contributed by atoms with Crippen molar-refractivity contribution in [3.63, 3.8) is 0 Å². The number of methoxy groups -OCH3 is 1. The molecule has 1 unspecified atom stereocenters. The minimum atomic E-state index is -0.0763. The lowest BCUT2D eigenvalue weighted by molar-refractivity contribution is 0.0832. The van der Waals surface area contributed by atoms with Crippen LogP contribution in [0.4, 0.5) is 0 Å². The summed E-state index contributed by atoms with van der Waals surface area (Å²) < 4.78 is 5.28. The zero-order valence-electron chi connectivity index (χ0n) is 13.4. The van der Waals surface area contributed by atoms with E-state index in [1.165, 1.54) is 25.7 Å². The SMILES string of the molecule is COc1cncc(C(NN)C(C)(C)N2CCCCCC2)c1. The van der Waals surface area contributed by atoms with Gasteiger partial charge in [0, 0.05) is 11.7 Å². The average Bonchev–Trinajstić information content (AvgIpc) is 2.77. The van der Waals surface area contributed by atoms with E-state index in [1.807, 2.05) is 12.3 Å². The molecule has 3 N–H and O–H groups in total. The number of rotatable bonds is 5. The van der Waals surface area contributed by atoms with Crippen molar-refractivity contribution in [3.8, 4) is 5.75 Å². The monoisotopic (exact) mass is 292 g/mol. The molecule has 1 aliphatic rings. The molecular formula is C16H28N4O. The van der Waals surface area contributed by atoms with Gasteiger partial charge in [-0.05, 0) is 51.4 Å². The molecule has 2 rings (SSSR count). The van der Waals surface area contributed by atoms with E-state index in [9.17, 15) is 0 Å². The van der Waals surface area contributed by atoms with Crippen LogP contribution in [0.5, 0.6) is 5.75 Å². The van der Waals surface area contributed by atoms with Gasteiger partial charge in [-0.25, -0.2) is 0 Å². The van der Waals surface area contributed by atoms with Gasteiger partial charge in [0.15, 0.2) is 0 Å². The fraction of sp³-hybridized carbons (Fsp3) is 0.688. The summed E-state index contributed by atoms with van der Waals surface area (Å²) in [5.74, 6) is 6.65. The highest BCUT2D eigenvalue weighted by molar-refractivity contribution is 5.28. The zero-order valence-corrected chi connectivity index (χ0v) is 13.4. The highest BCUT2D eigenvalue weighted by Crippen LogP contribution is 2.33. The van der Waals surface area contributed by atoms with Gasteiger partial charge in [-0.2, -0.15) is 0 Å². The van der Waals surface area contributed by atoms with Gasteiger partial charge in [0.25, 0.3) is 0 Å². The summed E-state index contributed by atoms with van der Waals surface area (Å²) in [5.41, 5.74) is 3.98. The minimum Gasteiger partial charge on any atom is -0.495 e. The Morgan fingerprint density at radius 2 is 1.90 bits per heavy atom. The number of hydrazine groups is 1. The summed E-state index contributed by atoms with van der Waals surface area (Å²) in [6.07, 6.45) is 8.76. The third-order valence-corrected chi connectivity index (χ3v) is 4.60. The summed E-state index contributed by atoms with van der Waals surface area (Å²) >= 11 is 0. The molecule has 0 saturated carbocycles. The molecule has 118 valence electrons. The summed E-state index contributed by atoms with van der Waals surface area (Å²) in [6, 6.07) is 2.02. The van der Waals surface area contributed by atoms with E-state index in [-0.39, 0.29) is 11.6 Å². The molecule has 0 radical (unpaired) electrons. The number of hydrogen-bond acceptors (Lipinski definition) is 5. The summed E-state index contributed by atoms with van der Waals surface area (Å²) in [6.45, 7) is 6.76. The molecule has 1 fully saturated rings. The minimum absolute atomic E-state index is 0.0122. The molecule has 1 saturated heterocycles. The molecule has 1 aliphatic heterocycles. The van der Waals surface area contributed by atoms with E-state index in [0.717, 1.165) is 24.4 Å². The molecular weight excluding hydrogens is 264 g/mol. The Morgan fingerprint density at radius 3 is 2.48 bits per heavy atom. The fourth-order valence-corrected chi connectivity index (χ4v) is 3.24. The van der Waals surface area contributed by atoms with Crippen molar-refractivity contribution in [2.75, 3.05) is 20.2 Å². The van der Waals surface area contributed by atoms with Crippen molar-refractivity contribution in [1.82, 2.24) is 15.3 Å². The first-order chi connectivity index (χ1) is 10.1. The van der Waals surface area contributed by atoms with Crippen LogP contribution < -0.4 is 16.0 Å². The van der Waals surface area contributed by atoms with Crippen molar-refractivity contribution < 1.29 is 4.74 Å². The van der Waals surface area contributed by atoms with E-state index in [0.29, 0.717) is 0 Å². The predicted molar refractivity (Wildman–Crippen MR) is 85.0 cm³/mol. The van der Waals surface area contributed by atoms with E-state index in [2.05, 4.69) is 29.2 Å². The lowest BCUT2D eigenvalue weighted by Gasteiger charge is -2.43. The molecule has 5 heteroatoms. The van der Waals surface area contributed by atoms with E-state index < -0.39 is 0 Å². The largest absolute Gasteiger partial charge is 0.495 e. The van der Waals surface area contributed by atoms with Crippen molar-refractivity contribution in [2.45, 2.75) is 51.1 Å². The van der Waals surface area contributed by atoms with Gasteiger partial charge in [-0.3, -0.25) is 21.2 Å². The van der Waals surface area contributed by atoms with Crippen molar-refractivity contribution in [1.29, 1.82) is 0 Å². The first-order valence-electron chi connectivity index (χ1n) is 7.79. The van der Waals surface area contributed by atoms with E-state index >= 15 is 0 Å². The Bertz CT molecular complexity index is 442. The Morgan fingerprint density at radius 1 is 1.24 bits per heavy atom. The average molecular weight is 292 g/mol. The molecule has 5 nitrogen and oxygen atoms in total. The standard InChI is InChI=1S/C16H28N4O/c1-16(2,20-8-6-4-5-7-9-20)15(19-17)13-10-14(21-3)12-18-11-13/h10-12,15,19H,4-9,17H2,1-3H3. The molecule has 1 atom stereocenters. The van der Waals surface area contributed by atoms with Crippen LogP contribution in [0.25, 0.3) is 0 Å². The van der Waals surface area contributed by atoms with Crippen LogP contribution in [0.1, 0.15) is 51.1 Å². The third-order valence-electron chi connectivity index (χ3n) is 4.60. The summed E-state index contributed by atoms with van der Waals surface area (Å²) in [7, 11) is 1.66. The number of nitrogens with zero attached hydrogens (tertiary/aromatic N) is 2. The molecule has 0 aromatic carbocycles. The highest BCUT2D eigenvalue weighted by Gasteiger charge is 2.36. The lowest BCUT2D eigenvalue weighted by atomic mass is 9.87. The maximum absolute atomic E-state index is 5.88. The van der Waals surface area contributed by atoms with Crippen LogP contribution in [0.3, 0.4) is 0 Å². The van der Waals surface area contributed by atoms with Crippen LogP contribution in [-0.4, -0.2) is 35.6 Å². The molecule has 0 aliphatic carbocycles. The Hall–Kier alpha value is -1.17. The molecule has 21 heavy (non-hydrogen) atoms. The smallest absolute Gasteiger partial charge is 0.137 e. The third kappa shape index (κ3) is 3.73. The van der Waals surface area contributed by atoms with Crippen LogP contribution in [-0.2, 0) is 0 Å². The van der Waals surface area contributed by atoms with Crippen LogP contribution in [0, 0.1) is 0 Å². The maximum Gasteiger partial charge on any atom is 0.137 e. The second-order valence-corrected chi connectivity index (χ2v) is 6.31. The topological polar surface area (TPSA) is 63.4 Å². The molecule has 0 bridgehead atoms. The first kappa shape index (κ1) is 16.2. The summed E-state index contributed by atoms with van der Waals surface area (Å²) in [5, 5.41) is 0. The Balaban J connectivity index is 2.24. The lowest BCUT2D eigenvalue weighted by Crippen LogP contribution is -2.54. The van der Waals surface area contributed by atoms with Gasteiger partial charge >= 0.3 is 0 Å². The van der Waals surface area contributed by atoms with Crippen molar-refractivity contribution >= 4 is 0 Å². The van der Waals surface area contributed by atoms with Gasteiger partial charge in [-0.1, -0.05) is 12.8 Å². The second-order valence-electron chi connectivity index (χ2n) is 6.31. The Labute approximate surface area is 127 Å². The van der Waals surface area contributed by atoms with Gasteiger partial charge < -0.3 is 4.74 Å². The normalized spacial score (nSPS) is 19.0.